The molecule has 0 spiro atoms. The third-order valence-electron chi connectivity index (χ3n) is 6.48. The maximum atomic E-state index is 5.50. The molecule has 1 atom stereocenters. The van der Waals surface area contributed by atoms with Crippen molar-refractivity contribution in [1.82, 2.24) is 20.4 Å². The number of hydrogen-bond acceptors (Lipinski definition) is 4. The molecule has 31 heavy (non-hydrogen) atoms. The number of rotatable bonds is 7. The molecule has 1 unspecified atom stereocenters. The third-order valence-corrected chi connectivity index (χ3v) is 6.48. The van der Waals surface area contributed by atoms with Gasteiger partial charge in [-0.2, -0.15) is 0 Å². The first-order valence-corrected chi connectivity index (χ1v) is 11.5. The summed E-state index contributed by atoms with van der Waals surface area (Å²) in [6.07, 6.45) is 2.68. The molecule has 0 aliphatic carbocycles. The van der Waals surface area contributed by atoms with Crippen molar-refractivity contribution in [2.45, 2.75) is 52.2 Å². The molecule has 0 aromatic heterocycles. The molecule has 0 radical (unpaired) electrons. The van der Waals surface area contributed by atoms with Gasteiger partial charge in [0, 0.05) is 51.9 Å². The molecule has 0 saturated carbocycles. The highest BCUT2D eigenvalue weighted by atomic mass is 127. The van der Waals surface area contributed by atoms with E-state index >= 15 is 0 Å². The van der Waals surface area contributed by atoms with Crippen molar-refractivity contribution in [3.63, 3.8) is 0 Å². The van der Waals surface area contributed by atoms with Crippen LogP contribution in [0.5, 0.6) is 0 Å². The Balaban J connectivity index is 0.00000341. The van der Waals surface area contributed by atoms with Crippen LogP contribution in [0.25, 0.3) is 0 Å². The number of halogens is 1. The minimum atomic E-state index is 0. The molecule has 2 fully saturated rings. The average Bonchev–Trinajstić information content (AvgIpc) is 2.75. The fraction of sp³-hybridized carbons (Fsp3) is 0.708. The molecule has 176 valence electrons. The zero-order valence-corrected chi connectivity index (χ0v) is 22.2. The molecule has 2 aliphatic heterocycles. The van der Waals surface area contributed by atoms with Crippen molar-refractivity contribution >= 4 is 29.9 Å². The summed E-state index contributed by atoms with van der Waals surface area (Å²) in [5.74, 6) is 1.67. The highest BCUT2D eigenvalue weighted by Gasteiger charge is 2.28. The first kappa shape index (κ1) is 26.4. The van der Waals surface area contributed by atoms with Gasteiger partial charge >= 0.3 is 0 Å². The van der Waals surface area contributed by atoms with Crippen molar-refractivity contribution in [3.8, 4) is 0 Å². The van der Waals surface area contributed by atoms with Gasteiger partial charge in [-0.3, -0.25) is 14.8 Å². The maximum absolute atomic E-state index is 5.50. The average molecular weight is 544 g/mol. The minimum absolute atomic E-state index is 0. The Kier molecular flexibility index (Phi) is 11.0. The van der Waals surface area contributed by atoms with E-state index in [2.05, 4.69) is 70.5 Å². The predicted molar refractivity (Wildman–Crippen MR) is 140 cm³/mol. The molecule has 3 rings (SSSR count). The summed E-state index contributed by atoms with van der Waals surface area (Å²) in [7, 11) is 1.85. The molecule has 2 aliphatic rings. The Bertz CT molecular complexity index is 690. The predicted octanol–water partition coefficient (Wildman–Crippen LogP) is 3.31. The molecule has 0 amide bonds. The Morgan fingerprint density at radius 2 is 1.84 bits per heavy atom. The van der Waals surface area contributed by atoms with E-state index in [4.69, 9.17) is 4.74 Å². The highest BCUT2D eigenvalue weighted by Crippen LogP contribution is 2.19. The molecule has 2 N–H and O–H groups in total. The van der Waals surface area contributed by atoms with Gasteiger partial charge in [-0.15, -0.1) is 24.0 Å². The quantitative estimate of drug-likeness (QED) is 0.314. The lowest BCUT2D eigenvalue weighted by Crippen LogP contribution is -2.56. The summed E-state index contributed by atoms with van der Waals surface area (Å²) in [4.78, 5) is 9.54. The van der Waals surface area contributed by atoms with Gasteiger partial charge in [0.2, 0.25) is 0 Å². The first-order valence-electron chi connectivity index (χ1n) is 11.5. The van der Waals surface area contributed by atoms with Gasteiger partial charge in [-0.05, 0) is 50.3 Å². The SMILES string of the molecule is CN=C(NCc1ccccc1CN1CCCC(C)C1)NCC(C)(C)N1CCOCC1.I. The topological polar surface area (TPSA) is 52.1 Å². The number of benzene rings is 1. The van der Waals surface area contributed by atoms with Gasteiger partial charge < -0.3 is 15.4 Å². The lowest BCUT2D eigenvalue weighted by Gasteiger charge is -2.41. The Labute approximate surface area is 206 Å². The van der Waals surface area contributed by atoms with Gasteiger partial charge in [-0.1, -0.05) is 31.2 Å². The van der Waals surface area contributed by atoms with E-state index in [0.717, 1.165) is 57.8 Å². The third kappa shape index (κ3) is 8.18. The zero-order valence-electron chi connectivity index (χ0n) is 19.8. The molecule has 6 nitrogen and oxygen atoms in total. The fourth-order valence-electron chi connectivity index (χ4n) is 4.54. The van der Waals surface area contributed by atoms with Crippen LogP contribution in [0.3, 0.4) is 0 Å². The van der Waals surface area contributed by atoms with Crippen LogP contribution in [0.4, 0.5) is 0 Å². The monoisotopic (exact) mass is 543 g/mol. The summed E-state index contributed by atoms with van der Waals surface area (Å²) in [6, 6.07) is 8.80. The largest absolute Gasteiger partial charge is 0.379 e. The number of guanidine groups is 1. The van der Waals surface area contributed by atoms with Crippen molar-refractivity contribution in [3.05, 3.63) is 35.4 Å². The van der Waals surface area contributed by atoms with Crippen LogP contribution < -0.4 is 10.6 Å². The highest BCUT2D eigenvalue weighted by molar-refractivity contribution is 14.0. The summed E-state index contributed by atoms with van der Waals surface area (Å²) in [5.41, 5.74) is 2.83. The molecular formula is C24H42IN5O. The van der Waals surface area contributed by atoms with Crippen molar-refractivity contribution in [1.29, 1.82) is 0 Å². The van der Waals surface area contributed by atoms with Gasteiger partial charge in [0.25, 0.3) is 0 Å². The van der Waals surface area contributed by atoms with Crippen LogP contribution in [0.2, 0.25) is 0 Å². The number of likely N-dealkylation sites (tertiary alicyclic amines) is 1. The second kappa shape index (κ2) is 13.0. The number of morpholine rings is 1. The number of nitrogens with zero attached hydrogens (tertiary/aromatic N) is 3. The Morgan fingerprint density at radius 1 is 1.13 bits per heavy atom. The molecule has 7 heteroatoms. The smallest absolute Gasteiger partial charge is 0.191 e. The molecule has 2 saturated heterocycles. The van der Waals surface area contributed by atoms with Gasteiger partial charge in [0.1, 0.15) is 0 Å². The van der Waals surface area contributed by atoms with Crippen LogP contribution in [-0.2, 0) is 17.8 Å². The van der Waals surface area contributed by atoms with E-state index in [1.807, 2.05) is 7.05 Å². The van der Waals surface area contributed by atoms with Crippen LogP contribution in [0, 0.1) is 5.92 Å². The Morgan fingerprint density at radius 3 is 2.52 bits per heavy atom. The summed E-state index contributed by atoms with van der Waals surface area (Å²) in [6.45, 7) is 15.7. The van der Waals surface area contributed by atoms with Gasteiger partial charge in [0.05, 0.1) is 13.2 Å². The normalized spacial score (nSPS) is 21.4. The second-order valence-electron chi connectivity index (χ2n) is 9.44. The van der Waals surface area contributed by atoms with Crippen molar-refractivity contribution in [2.75, 3.05) is 53.0 Å². The van der Waals surface area contributed by atoms with Gasteiger partial charge in [-0.25, -0.2) is 0 Å². The number of ether oxygens (including phenoxy) is 1. The molecular weight excluding hydrogens is 501 g/mol. The van der Waals surface area contributed by atoms with Crippen LogP contribution >= 0.6 is 24.0 Å². The second-order valence-corrected chi connectivity index (χ2v) is 9.44. The first-order chi connectivity index (χ1) is 14.5. The number of nitrogens with one attached hydrogen (secondary N) is 2. The summed E-state index contributed by atoms with van der Waals surface area (Å²) < 4.78 is 5.50. The molecule has 1 aromatic carbocycles. The molecule has 0 bridgehead atoms. The van der Waals surface area contributed by atoms with E-state index in [-0.39, 0.29) is 29.5 Å². The van der Waals surface area contributed by atoms with Crippen LogP contribution in [0.1, 0.15) is 44.7 Å². The molecule has 1 aromatic rings. The Hall–Kier alpha value is -0.900. The van der Waals surface area contributed by atoms with Crippen molar-refractivity contribution < 1.29 is 4.74 Å². The van der Waals surface area contributed by atoms with E-state index in [1.165, 1.54) is 37.1 Å². The van der Waals surface area contributed by atoms with Crippen molar-refractivity contribution in [2.24, 2.45) is 10.9 Å². The fourth-order valence-corrected chi connectivity index (χ4v) is 4.54. The lowest BCUT2D eigenvalue weighted by atomic mass is 9.99. The number of aliphatic imine (C=N–C) groups is 1. The van der Waals surface area contributed by atoms with E-state index in [9.17, 15) is 0 Å². The van der Waals surface area contributed by atoms with Gasteiger partial charge in [0.15, 0.2) is 5.96 Å². The zero-order chi connectivity index (χ0) is 21.4. The summed E-state index contributed by atoms with van der Waals surface area (Å²) >= 11 is 0. The molecule has 2 heterocycles. The summed E-state index contributed by atoms with van der Waals surface area (Å²) in [5, 5.41) is 7.05. The standard InChI is InChI=1S/C24H41N5O.HI/c1-20-8-7-11-28(17-20)18-22-10-6-5-9-21(22)16-26-23(25-4)27-19-24(2,3)29-12-14-30-15-13-29;/h5-6,9-10,20H,7-8,11-19H2,1-4H3,(H2,25,26,27);1H. The van der Waals surface area contributed by atoms with E-state index in [1.54, 1.807) is 0 Å². The van der Waals surface area contributed by atoms with E-state index < -0.39 is 0 Å². The number of hydrogen-bond donors (Lipinski definition) is 2. The van der Waals surface area contributed by atoms with Crippen LogP contribution in [-0.4, -0.2) is 74.3 Å². The lowest BCUT2D eigenvalue weighted by molar-refractivity contribution is -0.00834. The van der Waals surface area contributed by atoms with Crippen LogP contribution in [0.15, 0.2) is 29.3 Å². The minimum Gasteiger partial charge on any atom is -0.379 e. The maximum Gasteiger partial charge on any atom is 0.191 e. The van der Waals surface area contributed by atoms with E-state index in [0.29, 0.717) is 0 Å². The number of piperidine rings is 1.